The Kier molecular flexibility index (Phi) is 4.40. The van der Waals surface area contributed by atoms with Crippen molar-refractivity contribution in [1.29, 1.82) is 0 Å². The van der Waals surface area contributed by atoms with Gasteiger partial charge in [-0.05, 0) is 30.0 Å². The molecule has 96 valence electrons. The van der Waals surface area contributed by atoms with Gasteiger partial charge in [-0.2, -0.15) is 0 Å². The summed E-state index contributed by atoms with van der Waals surface area (Å²) in [5.74, 6) is 0.921. The van der Waals surface area contributed by atoms with E-state index >= 15 is 0 Å². The van der Waals surface area contributed by atoms with E-state index in [9.17, 15) is 0 Å². The molecule has 0 spiro atoms. The van der Waals surface area contributed by atoms with Crippen LogP contribution in [-0.4, -0.2) is 25.4 Å². The van der Waals surface area contributed by atoms with Gasteiger partial charge < -0.3 is 15.2 Å². The Hall–Kier alpha value is -1.22. The predicted molar refractivity (Wildman–Crippen MR) is 72.0 cm³/mol. The monoisotopic (exact) mass is 237 g/mol. The number of benzene rings is 1. The van der Waals surface area contributed by atoms with Crippen LogP contribution in [0.4, 0.5) is 5.69 Å². The lowest BCUT2D eigenvalue weighted by molar-refractivity contribution is 0.311. The number of rotatable bonds is 4. The van der Waals surface area contributed by atoms with Crippen molar-refractivity contribution in [3.63, 3.8) is 0 Å². The van der Waals surface area contributed by atoms with Gasteiger partial charge in [-0.3, -0.25) is 0 Å². The lowest BCUT2D eigenvalue weighted by atomic mass is 9.85. The Labute approximate surface area is 104 Å². The number of aryl methyl sites for hydroxylation is 1. The van der Waals surface area contributed by atoms with E-state index in [4.69, 9.17) is 9.84 Å². The van der Waals surface area contributed by atoms with Crippen LogP contribution < -0.4 is 10.1 Å². The van der Waals surface area contributed by atoms with Crippen LogP contribution >= 0.6 is 0 Å². The van der Waals surface area contributed by atoms with Crippen LogP contribution in [0.5, 0.6) is 5.75 Å². The molecule has 3 nitrogen and oxygen atoms in total. The number of nitrogens with one attached hydrogen (secondary N) is 1. The van der Waals surface area contributed by atoms with Gasteiger partial charge in [0.1, 0.15) is 5.75 Å². The van der Waals surface area contributed by atoms with Gasteiger partial charge in [-0.1, -0.05) is 20.8 Å². The second kappa shape index (κ2) is 5.41. The zero-order valence-corrected chi connectivity index (χ0v) is 11.4. The number of aliphatic hydroxyl groups is 1. The molecular weight excluding hydrogens is 214 g/mol. The van der Waals surface area contributed by atoms with Gasteiger partial charge in [-0.25, -0.2) is 0 Å². The molecule has 0 amide bonds. The van der Waals surface area contributed by atoms with Crippen molar-refractivity contribution in [3.8, 4) is 5.75 Å². The maximum atomic E-state index is 8.86. The lowest BCUT2D eigenvalue weighted by Crippen LogP contribution is -2.15. The van der Waals surface area contributed by atoms with Crippen LogP contribution in [0.25, 0.3) is 0 Å². The second-order valence-electron chi connectivity index (χ2n) is 5.27. The smallest absolute Gasteiger partial charge is 0.122 e. The number of anilines is 1. The van der Waals surface area contributed by atoms with Crippen LogP contribution in [0.2, 0.25) is 0 Å². The Balaban J connectivity index is 3.18. The molecule has 0 saturated carbocycles. The van der Waals surface area contributed by atoms with Gasteiger partial charge in [0.25, 0.3) is 0 Å². The van der Waals surface area contributed by atoms with Gasteiger partial charge >= 0.3 is 0 Å². The molecule has 0 aliphatic rings. The van der Waals surface area contributed by atoms with Crippen molar-refractivity contribution in [2.24, 2.45) is 0 Å². The fourth-order valence-electron chi connectivity index (χ4n) is 1.82. The van der Waals surface area contributed by atoms with Crippen LogP contribution in [0.1, 0.15) is 31.9 Å². The molecule has 0 aliphatic carbocycles. The van der Waals surface area contributed by atoms with Crippen LogP contribution in [-0.2, 0) is 5.41 Å². The summed E-state index contributed by atoms with van der Waals surface area (Å²) in [4.78, 5) is 0. The Bertz CT molecular complexity index is 381. The second-order valence-corrected chi connectivity index (χ2v) is 5.27. The predicted octanol–water partition coefficient (Wildman–Crippen LogP) is 2.71. The van der Waals surface area contributed by atoms with E-state index in [1.807, 2.05) is 13.0 Å². The normalized spacial score (nSPS) is 11.4. The fourth-order valence-corrected chi connectivity index (χ4v) is 1.82. The van der Waals surface area contributed by atoms with Crippen molar-refractivity contribution in [2.75, 3.05) is 25.6 Å². The molecule has 0 fully saturated rings. The molecule has 0 heterocycles. The highest BCUT2D eigenvalue weighted by atomic mass is 16.5. The minimum atomic E-state index is 0.0364. The molecular formula is C14H23NO2. The number of ether oxygens (including phenoxy) is 1. The number of hydrogen-bond donors (Lipinski definition) is 2. The first-order valence-electron chi connectivity index (χ1n) is 5.94. The lowest BCUT2D eigenvalue weighted by Gasteiger charge is -2.24. The third-order valence-corrected chi connectivity index (χ3v) is 2.78. The van der Waals surface area contributed by atoms with Crippen LogP contribution in [0.15, 0.2) is 12.1 Å². The highest BCUT2D eigenvalue weighted by Gasteiger charge is 2.20. The quantitative estimate of drug-likeness (QED) is 0.846. The highest BCUT2D eigenvalue weighted by Crippen LogP contribution is 2.35. The SMILES string of the molecule is COc1cc(C)c(NCCO)cc1C(C)(C)C. The van der Waals surface area contributed by atoms with Crippen LogP contribution in [0.3, 0.4) is 0 Å². The number of aliphatic hydroxyl groups excluding tert-OH is 1. The van der Waals surface area contributed by atoms with E-state index in [0.29, 0.717) is 6.54 Å². The molecule has 0 bridgehead atoms. The standard InChI is InChI=1S/C14H23NO2/c1-10-8-13(17-5)11(14(2,3)4)9-12(10)15-6-7-16/h8-9,15-16H,6-7H2,1-5H3. The zero-order valence-electron chi connectivity index (χ0n) is 11.4. The largest absolute Gasteiger partial charge is 0.496 e. The van der Waals surface area contributed by atoms with Crippen molar-refractivity contribution in [2.45, 2.75) is 33.1 Å². The van der Waals surface area contributed by atoms with E-state index in [1.165, 1.54) is 5.56 Å². The van der Waals surface area contributed by atoms with Crippen LogP contribution in [0, 0.1) is 6.92 Å². The number of methoxy groups -OCH3 is 1. The summed E-state index contributed by atoms with van der Waals surface area (Å²) in [7, 11) is 1.70. The summed E-state index contributed by atoms with van der Waals surface area (Å²) in [6.07, 6.45) is 0. The van der Waals surface area contributed by atoms with Gasteiger partial charge in [0.15, 0.2) is 0 Å². The summed E-state index contributed by atoms with van der Waals surface area (Å²) in [5, 5.41) is 12.1. The Morgan fingerprint density at radius 1 is 1.29 bits per heavy atom. The molecule has 0 aliphatic heterocycles. The molecule has 1 rings (SSSR count). The van der Waals surface area contributed by atoms with E-state index in [2.05, 4.69) is 32.2 Å². The maximum absolute atomic E-state index is 8.86. The van der Waals surface area contributed by atoms with Crippen molar-refractivity contribution >= 4 is 5.69 Å². The van der Waals surface area contributed by atoms with Crippen molar-refractivity contribution in [3.05, 3.63) is 23.3 Å². The molecule has 0 saturated heterocycles. The molecule has 0 atom stereocenters. The summed E-state index contributed by atoms with van der Waals surface area (Å²) in [5.41, 5.74) is 3.40. The average molecular weight is 237 g/mol. The summed E-state index contributed by atoms with van der Waals surface area (Å²) >= 11 is 0. The fraction of sp³-hybridized carbons (Fsp3) is 0.571. The molecule has 2 N–H and O–H groups in total. The summed E-state index contributed by atoms with van der Waals surface area (Å²) in [6.45, 7) is 9.23. The molecule has 1 aromatic rings. The molecule has 0 aromatic heterocycles. The molecule has 1 aromatic carbocycles. The van der Waals surface area contributed by atoms with Gasteiger partial charge in [0, 0.05) is 17.8 Å². The van der Waals surface area contributed by atoms with E-state index in [1.54, 1.807) is 7.11 Å². The molecule has 3 heteroatoms. The molecule has 17 heavy (non-hydrogen) atoms. The Morgan fingerprint density at radius 2 is 1.94 bits per heavy atom. The first kappa shape index (κ1) is 13.8. The zero-order chi connectivity index (χ0) is 13.1. The first-order chi connectivity index (χ1) is 7.90. The summed E-state index contributed by atoms with van der Waals surface area (Å²) < 4.78 is 5.43. The van der Waals surface area contributed by atoms with Crippen molar-refractivity contribution < 1.29 is 9.84 Å². The number of hydrogen-bond acceptors (Lipinski definition) is 3. The van der Waals surface area contributed by atoms with E-state index in [0.717, 1.165) is 17.0 Å². The minimum Gasteiger partial charge on any atom is -0.496 e. The topological polar surface area (TPSA) is 41.5 Å². The third-order valence-electron chi connectivity index (χ3n) is 2.78. The van der Waals surface area contributed by atoms with Gasteiger partial charge in [0.05, 0.1) is 13.7 Å². The Morgan fingerprint density at radius 3 is 2.41 bits per heavy atom. The first-order valence-corrected chi connectivity index (χ1v) is 5.94. The average Bonchev–Trinajstić information content (AvgIpc) is 2.25. The van der Waals surface area contributed by atoms with Crippen molar-refractivity contribution in [1.82, 2.24) is 0 Å². The highest BCUT2D eigenvalue weighted by molar-refractivity contribution is 5.58. The summed E-state index contributed by atoms with van der Waals surface area (Å²) in [6, 6.07) is 4.16. The maximum Gasteiger partial charge on any atom is 0.122 e. The third kappa shape index (κ3) is 3.37. The minimum absolute atomic E-state index is 0.0364. The van der Waals surface area contributed by atoms with E-state index < -0.39 is 0 Å². The van der Waals surface area contributed by atoms with E-state index in [-0.39, 0.29) is 12.0 Å². The molecule has 0 unspecified atom stereocenters. The van der Waals surface area contributed by atoms with Gasteiger partial charge in [0.2, 0.25) is 0 Å². The molecule has 0 radical (unpaired) electrons. The van der Waals surface area contributed by atoms with Gasteiger partial charge in [-0.15, -0.1) is 0 Å².